The number of sulfonamides is 1. The molecule has 1 atom stereocenters. The van der Waals surface area contributed by atoms with Crippen LogP contribution in [0.5, 0.6) is 0 Å². The van der Waals surface area contributed by atoms with Crippen LogP contribution in [-0.4, -0.2) is 41.2 Å². The smallest absolute Gasteiger partial charge is 0.262 e. The van der Waals surface area contributed by atoms with Gasteiger partial charge in [-0.1, -0.05) is 0 Å². The molecule has 2 rings (SSSR count). The van der Waals surface area contributed by atoms with Crippen molar-refractivity contribution in [2.24, 2.45) is 13.0 Å². The third-order valence-corrected chi connectivity index (χ3v) is 5.33. The molecule has 7 heteroatoms. The molecule has 1 unspecified atom stereocenters. The van der Waals surface area contributed by atoms with Gasteiger partial charge in [-0.15, -0.1) is 11.6 Å². The van der Waals surface area contributed by atoms with Crippen LogP contribution in [0.15, 0.2) is 11.2 Å². The lowest BCUT2D eigenvalue weighted by molar-refractivity contribution is 0.463. The van der Waals surface area contributed by atoms with Crippen LogP contribution in [-0.2, 0) is 17.1 Å². The van der Waals surface area contributed by atoms with Crippen LogP contribution in [0.2, 0.25) is 0 Å². The second-order valence-corrected chi connectivity index (χ2v) is 6.60. The van der Waals surface area contributed by atoms with Crippen molar-refractivity contribution in [3.8, 4) is 0 Å². The van der Waals surface area contributed by atoms with E-state index in [1.54, 1.807) is 24.7 Å². The predicted octanol–water partition coefficient (Wildman–Crippen LogP) is 0.978. The summed E-state index contributed by atoms with van der Waals surface area (Å²) in [7, 11) is -1.66. The van der Waals surface area contributed by atoms with Crippen LogP contribution in [0.25, 0.3) is 0 Å². The van der Waals surface area contributed by atoms with Gasteiger partial charge in [-0.3, -0.25) is 0 Å². The Kier molecular flexibility index (Phi) is 3.47. The van der Waals surface area contributed by atoms with Crippen LogP contribution in [0.4, 0.5) is 0 Å². The van der Waals surface area contributed by atoms with E-state index < -0.39 is 10.0 Å². The summed E-state index contributed by atoms with van der Waals surface area (Å²) in [5.74, 6) is 1.46. The zero-order valence-electron chi connectivity index (χ0n) is 9.93. The van der Waals surface area contributed by atoms with E-state index in [-0.39, 0.29) is 10.9 Å². The van der Waals surface area contributed by atoms with E-state index in [1.807, 2.05) is 0 Å². The molecule has 0 radical (unpaired) electrons. The molecule has 1 fully saturated rings. The Morgan fingerprint density at radius 3 is 2.76 bits per heavy atom. The number of alkyl halides is 1. The molecule has 0 amide bonds. The average Bonchev–Trinajstić information content (AvgIpc) is 2.87. The van der Waals surface area contributed by atoms with Crippen LogP contribution in [0.1, 0.15) is 12.2 Å². The number of imidazole rings is 1. The maximum Gasteiger partial charge on any atom is 0.262 e. The van der Waals surface area contributed by atoms with Crippen LogP contribution in [0.3, 0.4) is 0 Å². The first-order chi connectivity index (χ1) is 7.95. The summed E-state index contributed by atoms with van der Waals surface area (Å²) in [6.45, 7) is 2.82. The van der Waals surface area contributed by atoms with E-state index in [0.29, 0.717) is 24.8 Å². The number of aromatic nitrogens is 2. The number of hydrogen-bond donors (Lipinski definition) is 0. The summed E-state index contributed by atoms with van der Waals surface area (Å²) in [6.07, 6.45) is 2.38. The normalized spacial score (nSPS) is 22.2. The standard InChI is InChI=1S/C10H16ClN3O2S/c1-8-12-10(7-13(8)2)17(15,16)14-4-3-9(5-11)6-14/h7,9H,3-6H2,1-2H3. The molecule has 2 heterocycles. The molecule has 0 N–H and O–H groups in total. The Balaban J connectivity index is 2.25. The molecule has 1 saturated heterocycles. The van der Waals surface area contributed by atoms with Crippen molar-refractivity contribution < 1.29 is 8.42 Å². The predicted molar refractivity (Wildman–Crippen MR) is 65.5 cm³/mol. The number of rotatable bonds is 3. The quantitative estimate of drug-likeness (QED) is 0.774. The SMILES string of the molecule is Cc1nc(S(=O)(=O)N2CCC(CCl)C2)cn1C. The molecular formula is C10H16ClN3O2S. The fraction of sp³-hybridized carbons (Fsp3) is 0.700. The van der Waals surface area contributed by atoms with Crippen LogP contribution >= 0.6 is 11.6 Å². The van der Waals surface area contributed by atoms with Crippen LogP contribution < -0.4 is 0 Å². The van der Waals surface area contributed by atoms with E-state index in [4.69, 9.17) is 11.6 Å². The van der Waals surface area contributed by atoms with Crippen molar-refractivity contribution in [3.05, 3.63) is 12.0 Å². The second-order valence-electron chi connectivity index (χ2n) is 4.41. The zero-order valence-corrected chi connectivity index (χ0v) is 11.5. The Bertz CT molecular complexity index is 492. The Morgan fingerprint density at radius 2 is 2.29 bits per heavy atom. The lowest BCUT2D eigenvalue weighted by atomic mass is 10.2. The van der Waals surface area contributed by atoms with Crippen molar-refractivity contribution in [1.82, 2.24) is 13.9 Å². The first-order valence-electron chi connectivity index (χ1n) is 5.51. The number of halogens is 1. The molecular weight excluding hydrogens is 262 g/mol. The number of aryl methyl sites for hydroxylation is 2. The molecule has 1 aliphatic rings. The monoisotopic (exact) mass is 277 g/mol. The fourth-order valence-electron chi connectivity index (χ4n) is 1.92. The third-order valence-electron chi connectivity index (χ3n) is 3.16. The van der Waals surface area contributed by atoms with E-state index in [9.17, 15) is 8.42 Å². The summed E-state index contributed by atoms with van der Waals surface area (Å²) in [5.41, 5.74) is 0. The van der Waals surface area contributed by atoms with Crippen molar-refractivity contribution in [2.45, 2.75) is 18.4 Å². The Labute approximate surface area is 106 Å². The van der Waals surface area contributed by atoms with Gasteiger partial charge in [0, 0.05) is 32.2 Å². The minimum absolute atomic E-state index is 0.132. The molecule has 0 bridgehead atoms. The average molecular weight is 278 g/mol. The van der Waals surface area contributed by atoms with Crippen LogP contribution in [0, 0.1) is 12.8 Å². The van der Waals surface area contributed by atoms with Gasteiger partial charge >= 0.3 is 0 Å². The maximum absolute atomic E-state index is 12.3. The van der Waals surface area contributed by atoms with Gasteiger partial charge in [-0.25, -0.2) is 13.4 Å². The topological polar surface area (TPSA) is 55.2 Å². The van der Waals surface area contributed by atoms with Gasteiger partial charge < -0.3 is 4.57 Å². The second kappa shape index (κ2) is 4.59. The lowest BCUT2D eigenvalue weighted by Gasteiger charge is -2.13. The summed E-state index contributed by atoms with van der Waals surface area (Å²) in [4.78, 5) is 4.08. The summed E-state index contributed by atoms with van der Waals surface area (Å²) < 4.78 is 27.7. The Morgan fingerprint density at radius 1 is 1.59 bits per heavy atom. The number of nitrogens with zero attached hydrogens (tertiary/aromatic N) is 3. The van der Waals surface area contributed by atoms with Gasteiger partial charge in [0.2, 0.25) is 0 Å². The largest absolute Gasteiger partial charge is 0.337 e. The van der Waals surface area contributed by atoms with Gasteiger partial charge in [-0.05, 0) is 19.3 Å². The molecule has 1 aliphatic heterocycles. The van der Waals surface area contributed by atoms with Crippen molar-refractivity contribution in [3.63, 3.8) is 0 Å². The number of hydrogen-bond acceptors (Lipinski definition) is 3. The highest BCUT2D eigenvalue weighted by Gasteiger charge is 2.33. The highest BCUT2D eigenvalue weighted by Crippen LogP contribution is 2.24. The minimum atomic E-state index is -3.44. The highest BCUT2D eigenvalue weighted by molar-refractivity contribution is 7.89. The van der Waals surface area contributed by atoms with Gasteiger partial charge in [0.25, 0.3) is 10.0 Å². The van der Waals surface area contributed by atoms with E-state index in [1.165, 1.54) is 4.31 Å². The summed E-state index contributed by atoms with van der Waals surface area (Å²) >= 11 is 5.76. The molecule has 0 spiro atoms. The van der Waals surface area contributed by atoms with Crippen molar-refractivity contribution >= 4 is 21.6 Å². The third kappa shape index (κ3) is 2.34. The van der Waals surface area contributed by atoms with Crippen molar-refractivity contribution in [2.75, 3.05) is 19.0 Å². The first kappa shape index (κ1) is 12.9. The Hall–Kier alpha value is -0.590. The van der Waals surface area contributed by atoms with Crippen molar-refractivity contribution in [1.29, 1.82) is 0 Å². The van der Waals surface area contributed by atoms with E-state index in [2.05, 4.69) is 4.98 Å². The fourth-order valence-corrected chi connectivity index (χ4v) is 3.73. The van der Waals surface area contributed by atoms with E-state index in [0.717, 1.165) is 6.42 Å². The summed E-state index contributed by atoms with van der Waals surface area (Å²) in [5, 5.41) is 0.132. The lowest BCUT2D eigenvalue weighted by Crippen LogP contribution is -2.29. The zero-order chi connectivity index (χ0) is 12.6. The van der Waals surface area contributed by atoms with Gasteiger partial charge in [-0.2, -0.15) is 4.31 Å². The minimum Gasteiger partial charge on any atom is -0.337 e. The molecule has 1 aromatic heterocycles. The molecule has 96 valence electrons. The molecule has 5 nitrogen and oxygen atoms in total. The van der Waals surface area contributed by atoms with Gasteiger partial charge in [0.1, 0.15) is 5.82 Å². The molecule has 17 heavy (non-hydrogen) atoms. The molecule has 0 aliphatic carbocycles. The maximum atomic E-state index is 12.3. The van der Waals surface area contributed by atoms with E-state index >= 15 is 0 Å². The van der Waals surface area contributed by atoms with Gasteiger partial charge in [0.15, 0.2) is 5.03 Å². The first-order valence-corrected chi connectivity index (χ1v) is 7.48. The molecule has 0 saturated carbocycles. The van der Waals surface area contributed by atoms with Gasteiger partial charge in [0.05, 0.1) is 0 Å². The molecule has 0 aromatic carbocycles. The summed E-state index contributed by atoms with van der Waals surface area (Å²) in [6, 6.07) is 0. The highest BCUT2D eigenvalue weighted by atomic mass is 35.5. The molecule has 1 aromatic rings.